The molecule has 0 bridgehead atoms. The summed E-state index contributed by atoms with van der Waals surface area (Å²) in [6.45, 7) is 3.62. The number of benzene rings is 1. The van der Waals surface area contributed by atoms with Crippen LogP contribution in [0.4, 0.5) is 0 Å². The number of nitrogens with zero attached hydrogens (tertiary/aromatic N) is 2. The second kappa shape index (κ2) is 10.6. The molecule has 1 aliphatic rings. The molecule has 21 heavy (non-hydrogen) atoms. The molecule has 0 aromatic heterocycles. The Balaban J connectivity index is 0.00000220. The molecule has 0 radical (unpaired) electrons. The highest BCUT2D eigenvalue weighted by atomic mass is 127. The van der Waals surface area contributed by atoms with Gasteiger partial charge >= 0.3 is 0 Å². The van der Waals surface area contributed by atoms with Gasteiger partial charge in [-0.25, -0.2) is 0 Å². The van der Waals surface area contributed by atoms with Crippen molar-refractivity contribution in [2.45, 2.75) is 0 Å². The van der Waals surface area contributed by atoms with Crippen LogP contribution < -0.4 is 10.1 Å². The molecule has 7 heteroatoms. The number of halogens is 2. The van der Waals surface area contributed by atoms with E-state index >= 15 is 0 Å². The van der Waals surface area contributed by atoms with Crippen molar-refractivity contribution in [2.24, 2.45) is 4.99 Å². The number of guanidine groups is 1. The lowest BCUT2D eigenvalue weighted by Gasteiger charge is -2.14. The molecule has 1 heterocycles. The molecule has 1 aromatic carbocycles. The average molecular weight is 486 g/mol. The number of nitrogens with one attached hydrogen (secondary N) is 1. The highest BCUT2D eigenvalue weighted by Crippen LogP contribution is 2.17. The zero-order valence-electron chi connectivity index (χ0n) is 12.0. The summed E-state index contributed by atoms with van der Waals surface area (Å²) in [4.78, 5) is 6.55. The Bertz CT molecular complexity index is 462. The summed E-state index contributed by atoms with van der Waals surface area (Å²) >= 11 is 5.32. The Morgan fingerprint density at radius 1 is 1.43 bits per heavy atom. The summed E-state index contributed by atoms with van der Waals surface area (Å²) < 4.78 is 6.73. The van der Waals surface area contributed by atoms with E-state index in [1.165, 1.54) is 0 Å². The lowest BCUT2D eigenvalue weighted by molar-refractivity contribution is 0.344. The quantitative estimate of drug-likeness (QED) is 0.475. The maximum absolute atomic E-state index is 5.68. The Hall–Kier alpha value is -0.150. The summed E-state index contributed by atoms with van der Waals surface area (Å²) in [5.41, 5.74) is 0. The van der Waals surface area contributed by atoms with E-state index in [9.17, 15) is 0 Å². The van der Waals surface area contributed by atoms with Crippen LogP contribution in [0.5, 0.6) is 5.75 Å². The maximum atomic E-state index is 5.68. The third-order valence-electron chi connectivity index (χ3n) is 2.88. The van der Waals surface area contributed by atoms with Crippen LogP contribution >= 0.6 is 51.7 Å². The normalized spacial score (nSPS) is 13.6. The van der Waals surface area contributed by atoms with E-state index < -0.39 is 0 Å². The monoisotopic (exact) mass is 485 g/mol. The van der Waals surface area contributed by atoms with Crippen LogP contribution in [0.2, 0.25) is 0 Å². The first kappa shape index (κ1) is 18.9. The second-order valence-electron chi connectivity index (χ2n) is 4.47. The number of likely N-dealkylation sites (N-methyl/N-ethyl adjacent to an activating group) is 1. The predicted molar refractivity (Wildman–Crippen MR) is 105 cm³/mol. The molecule has 118 valence electrons. The molecule has 1 aromatic rings. The Labute approximate surface area is 156 Å². The molecule has 2 rings (SSSR count). The van der Waals surface area contributed by atoms with Gasteiger partial charge in [-0.2, -0.15) is 11.8 Å². The van der Waals surface area contributed by atoms with Crippen molar-refractivity contribution in [3.8, 4) is 5.75 Å². The number of ether oxygens (including phenoxy) is 1. The Kier molecular flexibility index (Phi) is 9.50. The molecule has 0 aliphatic carbocycles. The van der Waals surface area contributed by atoms with Gasteiger partial charge in [-0.3, -0.25) is 4.99 Å². The average Bonchev–Trinajstić information content (AvgIpc) is 2.83. The summed E-state index contributed by atoms with van der Waals surface area (Å²) in [6.07, 6.45) is 0. The molecule has 0 saturated carbocycles. The number of hydrogen-bond donors (Lipinski definition) is 1. The van der Waals surface area contributed by atoms with Gasteiger partial charge in [0, 0.05) is 36.1 Å². The van der Waals surface area contributed by atoms with Crippen molar-refractivity contribution in [2.75, 3.05) is 44.8 Å². The van der Waals surface area contributed by atoms with Crippen molar-refractivity contribution < 1.29 is 4.74 Å². The molecule has 0 unspecified atom stereocenters. The predicted octanol–water partition coefficient (Wildman–Crippen LogP) is 3.07. The largest absolute Gasteiger partial charge is 0.493 e. The zero-order chi connectivity index (χ0) is 14.2. The molecule has 0 spiro atoms. The summed E-state index contributed by atoms with van der Waals surface area (Å²) in [7, 11) is 2.07. The molecule has 0 saturated heterocycles. The van der Waals surface area contributed by atoms with E-state index in [4.69, 9.17) is 4.74 Å². The van der Waals surface area contributed by atoms with Crippen LogP contribution in [0.15, 0.2) is 33.7 Å². The smallest absolute Gasteiger partial charge is 0.193 e. The van der Waals surface area contributed by atoms with Crippen LogP contribution in [0.25, 0.3) is 0 Å². The fourth-order valence-corrected chi connectivity index (χ4v) is 2.87. The summed E-state index contributed by atoms with van der Waals surface area (Å²) in [5, 5.41) is 3.36. The number of hydrogen-bond acceptors (Lipinski definition) is 5. The minimum absolute atomic E-state index is 0. The van der Waals surface area contributed by atoms with E-state index in [0.717, 1.165) is 53.9 Å². The first-order valence-electron chi connectivity index (χ1n) is 6.71. The second-order valence-corrected chi connectivity index (χ2v) is 6.61. The molecule has 0 fully saturated rings. The molecule has 4 nitrogen and oxygen atoms in total. The van der Waals surface area contributed by atoms with Gasteiger partial charge in [0.05, 0.1) is 13.2 Å². The highest BCUT2D eigenvalue weighted by Gasteiger charge is 2.10. The van der Waals surface area contributed by atoms with Crippen LogP contribution in [-0.2, 0) is 0 Å². The van der Waals surface area contributed by atoms with Crippen molar-refractivity contribution in [3.05, 3.63) is 28.7 Å². The van der Waals surface area contributed by atoms with E-state index in [0.29, 0.717) is 0 Å². The molecular formula is C14H21BrIN3OS. The minimum Gasteiger partial charge on any atom is -0.493 e. The SMILES string of the molecule is CN1CCN=C1NCCSCCOc1cccc(Br)c1.I. The van der Waals surface area contributed by atoms with Crippen molar-refractivity contribution >= 4 is 57.6 Å². The van der Waals surface area contributed by atoms with Gasteiger partial charge in [0.1, 0.15) is 5.75 Å². The van der Waals surface area contributed by atoms with Gasteiger partial charge in [0.25, 0.3) is 0 Å². The zero-order valence-corrected chi connectivity index (χ0v) is 16.8. The van der Waals surface area contributed by atoms with Crippen molar-refractivity contribution in [1.82, 2.24) is 10.2 Å². The van der Waals surface area contributed by atoms with E-state index in [1.807, 2.05) is 36.0 Å². The Morgan fingerprint density at radius 3 is 3.00 bits per heavy atom. The van der Waals surface area contributed by atoms with Crippen LogP contribution in [0, 0.1) is 0 Å². The standard InChI is InChI=1S/C14H20BrN3OS.HI/c1-18-7-5-16-14(18)17-6-9-20-10-8-19-13-4-2-3-12(15)11-13;/h2-4,11H,5-10H2,1H3,(H,16,17);1H. The number of rotatable bonds is 7. The van der Waals surface area contributed by atoms with Crippen molar-refractivity contribution in [3.63, 3.8) is 0 Å². The van der Waals surface area contributed by atoms with E-state index in [-0.39, 0.29) is 24.0 Å². The maximum Gasteiger partial charge on any atom is 0.193 e. The third kappa shape index (κ3) is 7.10. The lowest BCUT2D eigenvalue weighted by atomic mass is 10.3. The first-order valence-corrected chi connectivity index (χ1v) is 8.66. The van der Waals surface area contributed by atoms with Gasteiger partial charge in [-0.05, 0) is 18.2 Å². The number of aliphatic imine (C=N–C) groups is 1. The molecule has 0 amide bonds. The van der Waals surface area contributed by atoms with Crippen LogP contribution in [0.3, 0.4) is 0 Å². The van der Waals surface area contributed by atoms with Gasteiger partial charge in [0.2, 0.25) is 0 Å². The fourth-order valence-electron chi connectivity index (χ4n) is 1.84. The van der Waals surface area contributed by atoms with Gasteiger partial charge in [-0.15, -0.1) is 24.0 Å². The highest BCUT2D eigenvalue weighted by molar-refractivity contribution is 14.0. The van der Waals surface area contributed by atoms with Crippen LogP contribution in [-0.4, -0.2) is 55.7 Å². The van der Waals surface area contributed by atoms with Gasteiger partial charge < -0.3 is 15.0 Å². The van der Waals surface area contributed by atoms with Gasteiger partial charge in [0.15, 0.2) is 5.96 Å². The van der Waals surface area contributed by atoms with E-state index in [2.05, 4.69) is 38.2 Å². The van der Waals surface area contributed by atoms with E-state index in [1.54, 1.807) is 0 Å². The van der Waals surface area contributed by atoms with Gasteiger partial charge in [-0.1, -0.05) is 22.0 Å². The van der Waals surface area contributed by atoms with Crippen LogP contribution in [0.1, 0.15) is 0 Å². The summed E-state index contributed by atoms with van der Waals surface area (Å²) in [5.74, 6) is 4.00. The molecule has 1 aliphatic heterocycles. The summed E-state index contributed by atoms with van der Waals surface area (Å²) in [6, 6.07) is 7.94. The minimum atomic E-state index is 0. The van der Waals surface area contributed by atoms with Crippen molar-refractivity contribution in [1.29, 1.82) is 0 Å². The fraction of sp³-hybridized carbons (Fsp3) is 0.500. The topological polar surface area (TPSA) is 36.9 Å². The lowest BCUT2D eigenvalue weighted by Crippen LogP contribution is -2.36. The third-order valence-corrected chi connectivity index (χ3v) is 4.32. The first-order chi connectivity index (χ1) is 9.75. The number of thioether (sulfide) groups is 1. The molecule has 1 N–H and O–H groups in total. The molecular weight excluding hydrogens is 465 g/mol. The Morgan fingerprint density at radius 2 is 2.29 bits per heavy atom. The molecule has 0 atom stereocenters.